The summed E-state index contributed by atoms with van der Waals surface area (Å²) in [4.78, 5) is 2.64. The van der Waals surface area contributed by atoms with E-state index in [0.717, 1.165) is 28.1 Å². The largest absolute Gasteiger partial charge is 0.381 e. The lowest BCUT2D eigenvalue weighted by Crippen LogP contribution is -2.38. The van der Waals surface area contributed by atoms with Crippen molar-refractivity contribution in [1.82, 2.24) is 4.72 Å². The zero-order chi connectivity index (χ0) is 22.1. The number of nitrogens with one attached hydrogen (secondary N) is 2. The number of ether oxygens (including phenoxy) is 1. The highest BCUT2D eigenvalue weighted by Crippen LogP contribution is 2.44. The van der Waals surface area contributed by atoms with E-state index in [1.165, 1.54) is 9.79 Å². The van der Waals surface area contributed by atoms with Gasteiger partial charge in [0.15, 0.2) is 0 Å². The van der Waals surface area contributed by atoms with Crippen LogP contribution < -0.4 is 10.0 Å². The zero-order valence-corrected chi connectivity index (χ0v) is 19.1. The van der Waals surface area contributed by atoms with Crippen LogP contribution in [-0.2, 0) is 14.8 Å². The topological polar surface area (TPSA) is 67.4 Å². The van der Waals surface area contributed by atoms with E-state index in [9.17, 15) is 8.42 Å². The maximum absolute atomic E-state index is 12.7. The first-order valence-corrected chi connectivity index (χ1v) is 12.9. The summed E-state index contributed by atoms with van der Waals surface area (Å²) in [6, 6.07) is 21.3. The van der Waals surface area contributed by atoms with Gasteiger partial charge >= 0.3 is 0 Å². The van der Waals surface area contributed by atoms with Crippen LogP contribution in [0, 0.1) is 0 Å². The van der Waals surface area contributed by atoms with Gasteiger partial charge in [0.05, 0.1) is 16.3 Å². The summed E-state index contributed by atoms with van der Waals surface area (Å²) < 4.78 is 33.6. The summed E-state index contributed by atoms with van der Waals surface area (Å²) in [5.41, 5.74) is 4.87. The molecule has 0 aromatic heterocycles. The van der Waals surface area contributed by atoms with E-state index in [1.54, 1.807) is 23.9 Å². The molecule has 5 rings (SSSR count). The molecule has 2 heterocycles. The van der Waals surface area contributed by atoms with Gasteiger partial charge in [0.1, 0.15) is 0 Å². The lowest BCUT2D eigenvalue weighted by molar-refractivity contribution is 0.0832. The molecule has 0 saturated carbocycles. The van der Waals surface area contributed by atoms with Crippen LogP contribution in [0.3, 0.4) is 0 Å². The first kappa shape index (κ1) is 21.3. The molecule has 5 nitrogen and oxygen atoms in total. The smallest absolute Gasteiger partial charge is 0.240 e. The maximum Gasteiger partial charge on any atom is 0.240 e. The van der Waals surface area contributed by atoms with E-state index in [4.69, 9.17) is 4.74 Å². The highest BCUT2D eigenvalue weighted by molar-refractivity contribution is 7.99. The predicted molar refractivity (Wildman–Crippen MR) is 129 cm³/mol. The number of benzene rings is 3. The van der Waals surface area contributed by atoms with Crippen molar-refractivity contribution in [2.75, 3.05) is 18.5 Å². The number of fused-ring (bicyclic) bond motifs is 2. The predicted octanol–water partition coefficient (Wildman–Crippen LogP) is 5.41. The van der Waals surface area contributed by atoms with Crippen LogP contribution in [0.15, 0.2) is 88.0 Å². The monoisotopic (exact) mass is 464 g/mol. The summed E-state index contributed by atoms with van der Waals surface area (Å²) in [5.74, 6) is 0. The molecule has 0 spiro atoms. The Morgan fingerprint density at radius 1 is 0.938 bits per heavy atom. The summed E-state index contributed by atoms with van der Waals surface area (Å²) in [6.45, 7) is 5.44. The molecule has 2 aliphatic heterocycles. The average molecular weight is 465 g/mol. The van der Waals surface area contributed by atoms with Gasteiger partial charge in [-0.15, -0.1) is 0 Å². The number of para-hydroxylation sites is 1. The van der Waals surface area contributed by atoms with E-state index in [0.29, 0.717) is 26.1 Å². The fourth-order valence-corrected chi connectivity index (χ4v) is 6.21. The number of sulfonamides is 1. The van der Waals surface area contributed by atoms with Gasteiger partial charge in [-0.1, -0.05) is 48.7 Å². The summed E-state index contributed by atoms with van der Waals surface area (Å²) >= 11 is 1.74. The first-order valence-electron chi connectivity index (χ1n) is 10.6. The molecular formula is C25H24N2O3S2. The minimum atomic E-state index is -3.56. The van der Waals surface area contributed by atoms with Crippen LogP contribution in [0.2, 0.25) is 0 Å². The van der Waals surface area contributed by atoms with Crippen molar-refractivity contribution in [3.8, 4) is 0 Å². The molecule has 164 valence electrons. The van der Waals surface area contributed by atoms with Crippen molar-refractivity contribution < 1.29 is 13.2 Å². The van der Waals surface area contributed by atoms with Crippen molar-refractivity contribution in [3.05, 3.63) is 84.4 Å². The number of hydrogen-bond acceptors (Lipinski definition) is 5. The fourth-order valence-electron chi connectivity index (χ4n) is 3.93. The van der Waals surface area contributed by atoms with Gasteiger partial charge in [0.2, 0.25) is 10.0 Å². The van der Waals surface area contributed by atoms with Crippen molar-refractivity contribution in [1.29, 1.82) is 0 Å². The third-order valence-corrected chi connectivity index (χ3v) is 8.45. The quantitative estimate of drug-likeness (QED) is 0.413. The van der Waals surface area contributed by atoms with E-state index in [2.05, 4.69) is 46.9 Å². The van der Waals surface area contributed by atoms with Crippen molar-refractivity contribution >= 4 is 38.7 Å². The van der Waals surface area contributed by atoms with Crippen molar-refractivity contribution in [3.63, 3.8) is 0 Å². The highest BCUT2D eigenvalue weighted by Gasteiger charge is 2.22. The molecule has 1 fully saturated rings. The second-order valence-corrected chi connectivity index (χ2v) is 10.7. The Morgan fingerprint density at radius 3 is 2.41 bits per heavy atom. The van der Waals surface area contributed by atoms with Crippen LogP contribution >= 0.6 is 11.8 Å². The minimum Gasteiger partial charge on any atom is -0.381 e. The Bertz CT molecular complexity index is 1260. The normalized spacial score (nSPS) is 16.0. The van der Waals surface area contributed by atoms with Gasteiger partial charge < -0.3 is 10.1 Å². The molecule has 1 saturated heterocycles. The van der Waals surface area contributed by atoms with Crippen LogP contribution in [-0.4, -0.2) is 27.7 Å². The van der Waals surface area contributed by atoms with Crippen molar-refractivity contribution in [2.45, 2.75) is 33.6 Å². The molecule has 32 heavy (non-hydrogen) atoms. The lowest BCUT2D eigenvalue weighted by Gasteiger charge is -2.23. The molecule has 2 aliphatic rings. The molecule has 0 atom stereocenters. The van der Waals surface area contributed by atoms with Gasteiger partial charge in [-0.25, -0.2) is 13.1 Å². The molecule has 0 bridgehead atoms. The summed E-state index contributed by atoms with van der Waals surface area (Å²) in [7, 11) is -3.56. The van der Waals surface area contributed by atoms with E-state index < -0.39 is 10.0 Å². The van der Waals surface area contributed by atoms with Gasteiger partial charge in [-0.05, 0) is 65.9 Å². The Hall–Kier alpha value is -2.58. The van der Waals surface area contributed by atoms with Crippen LogP contribution in [0.5, 0.6) is 0 Å². The molecule has 3 aromatic rings. The van der Waals surface area contributed by atoms with Gasteiger partial charge in [0.25, 0.3) is 0 Å². The van der Waals surface area contributed by atoms with Crippen molar-refractivity contribution in [2.24, 2.45) is 0 Å². The summed E-state index contributed by atoms with van der Waals surface area (Å²) in [5, 5.41) is 3.50. The molecule has 2 N–H and O–H groups in total. The molecule has 0 unspecified atom stereocenters. The Labute approximate surface area is 192 Å². The number of rotatable bonds is 5. The van der Waals surface area contributed by atoms with E-state index in [1.807, 2.05) is 24.3 Å². The number of hydrogen-bond donors (Lipinski definition) is 2. The van der Waals surface area contributed by atoms with Gasteiger partial charge in [0, 0.05) is 29.0 Å². The second-order valence-electron chi connectivity index (χ2n) is 7.95. The maximum atomic E-state index is 12.7. The zero-order valence-electron chi connectivity index (χ0n) is 17.5. The second kappa shape index (κ2) is 8.75. The Balaban J connectivity index is 1.33. The van der Waals surface area contributed by atoms with Crippen LogP contribution in [0.25, 0.3) is 5.57 Å². The molecule has 0 amide bonds. The molecular weight excluding hydrogens is 440 g/mol. The third kappa shape index (κ3) is 4.34. The standard InChI is InChI=1S/C25H24N2O3S2/c1-17(19-8-11-25-23(16-19)26-22-4-2-3-5-24(22)31-25)18-6-9-21(10-7-18)32(28,29)27-20-12-14-30-15-13-20/h2-11,16,20,26-27H,1,12-15H2. The van der Waals surface area contributed by atoms with E-state index >= 15 is 0 Å². The van der Waals surface area contributed by atoms with Gasteiger partial charge in [-0.3, -0.25) is 0 Å². The third-order valence-electron chi connectivity index (χ3n) is 5.76. The fraction of sp³-hybridized carbons (Fsp3) is 0.200. The Morgan fingerprint density at radius 2 is 1.62 bits per heavy atom. The van der Waals surface area contributed by atoms with Crippen LogP contribution in [0.1, 0.15) is 24.0 Å². The molecule has 3 aromatic carbocycles. The number of anilines is 2. The minimum absolute atomic E-state index is 0.0746. The Kier molecular flexibility index (Phi) is 5.82. The molecule has 7 heteroatoms. The first-order chi connectivity index (χ1) is 15.5. The molecule has 0 aliphatic carbocycles. The average Bonchev–Trinajstić information content (AvgIpc) is 2.82. The van der Waals surface area contributed by atoms with E-state index in [-0.39, 0.29) is 10.9 Å². The SMILES string of the molecule is C=C(c1ccc(S(=O)(=O)NC2CCOCC2)cc1)c1ccc2c(c1)Nc1ccccc1S2. The molecule has 0 radical (unpaired) electrons. The van der Waals surface area contributed by atoms with Gasteiger partial charge in [-0.2, -0.15) is 0 Å². The lowest BCUT2D eigenvalue weighted by atomic mass is 9.99. The highest BCUT2D eigenvalue weighted by atomic mass is 32.2. The summed E-state index contributed by atoms with van der Waals surface area (Å²) in [6.07, 6.45) is 1.40. The van der Waals surface area contributed by atoms with Crippen LogP contribution in [0.4, 0.5) is 11.4 Å².